The number of nitrogens with two attached hydrogens (primary N) is 1. The van der Waals surface area contributed by atoms with Crippen molar-refractivity contribution in [2.45, 2.75) is 0 Å². The smallest absolute Gasteiger partial charge is 0.238 e. The summed E-state index contributed by atoms with van der Waals surface area (Å²) in [5, 5.41) is -0.497. The van der Waals surface area contributed by atoms with Crippen LogP contribution in [-0.2, 0) is 10.0 Å². The third-order valence-corrected chi connectivity index (χ3v) is 1.83. The molecule has 0 aliphatic heterocycles. The van der Waals surface area contributed by atoms with Gasteiger partial charge in [0, 0.05) is 0 Å². The van der Waals surface area contributed by atoms with Gasteiger partial charge in [0.2, 0.25) is 10.0 Å². The van der Waals surface area contributed by atoms with Crippen LogP contribution in [0.15, 0.2) is 0 Å². The van der Waals surface area contributed by atoms with Crippen LogP contribution in [0.1, 0.15) is 0 Å². The summed E-state index contributed by atoms with van der Waals surface area (Å²) in [6, 6.07) is 0. The number of alkyl halides is 1. The van der Waals surface area contributed by atoms with Gasteiger partial charge >= 0.3 is 0 Å². The second-order valence-electron chi connectivity index (χ2n) is 0.842. The van der Waals surface area contributed by atoms with Crippen molar-refractivity contribution >= 4 is 21.6 Å². The minimum absolute atomic E-state index is 0.497. The number of hydrazine groups is 1. The molecule has 0 fully saturated rings. The van der Waals surface area contributed by atoms with E-state index in [0.717, 1.165) is 0 Å². The lowest BCUT2D eigenvalue weighted by atomic mass is 11.9. The molecule has 0 aromatic rings. The lowest BCUT2D eigenvalue weighted by Gasteiger charge is -1.90. The molecule has 3 N–H and O–H groups in total. The van der Waals surface area contributed by atoms with E-state index < -0.39 is 15.2 Å². The summed E-state index contributed by atoms with van der Waals surface area (Å²) in [4.78, 5) is 1.53. The second-order valence-corrected chi connectivity index (χ2v) is 3.18. The highest BCUT2D eigenvalue weighted by Crippen LogP contribution is 1.82. The maximum absolute atomic E-state index is 10.0. The van der Waals surface area contributed by atoms with Gasteiger partial charge in [-0.1, -0.05) is 0 Å². The summed E-state index contributed by atoms with van der Waals surface area (Å²) in [6.45, 7) is 0. The lowest BCUT2D eigenvalue weighted by molar-refractivity contribution is 0.589. The van der Waals surface area contributed by atoms with Crippen LogP contribution in [0.4, 0.5) is 0 Å². The molecule has 0 unspecified atom stereocenters. The third kappa shape index (κ3) is 2.81. The van der Waals surface area contributed by atoms with E-state index in [1.54, 1.807) is 0 Å². The maximum atomic E-state index is 10.0. The van der Waals surface area contributed by atoms with Crippen molar-refractivity contribution in [2.75, 3.05) is 5.21 Å². The van der Waals surface area contributed by atoms with E-state index in [1.807, 2.05) is 0 Å². The van der Waals surface area contributed by atoms with E-state index in [-0.39, 0.29) is 0 Å². The Morgan fingerprint density at radius 2 is 2.14 bits per heavy atom. The van der Waals surface area contributed by atoms with Crippen LogP contribution in [0.2, 0.25) is 0 Å². The number of hydrogen-bond donors (Lipinski definition) is 2. The molecule has 44 valence electrons. The Morgan fingerprint density at radius 1 is 1.71 bits per heavy atom. The average Bonchev–Trinajstić information content (AvgIpc) is 1.68. The number of sulfonamides is 1. The van der Waals surface area contributed by atoms with Gasteiger partial charge in [-0.3, -0.25) is 5.84 Å². The van der Waals surface area contributed by atoms with Crippen molar-refractivity contribution in [1.82, 2.24) is 4.83 Å². The molecule has 6 heteroatoms. The highest BCUT2D eigenvalue weighted by Gasteiger charge is 2.00. The average molecular weight is 145 g/mol. The van der Waals surface area contributed by atoms with Crippen LogP contribution in [0.3, 0.4) is 0 Å². The Bertz CT molecular complexity index is 119. The molecule has 0 aliphatic carbocycles. The van der Waals surface area contributed by atoms with Crippen molar-refractivity contribution in [3.63, 3.8) is 0 Å². The van der Waals surface area contributed by atoms with Gasteiger partial charge in [-0.2, -0.15) is 4.83 Å². The quantitative estimate of drug-likeness (QED) is 0.296. The van der Waals surface area contributed by atoms with Crippen molar-refractivity contribution in [3.8, 4) is 0 Å². The van der Waals surface area contributed by atoms with Gasteiger partial charge in [0.15, 0.2) is 0 Å². The molecule has 0 atom stereocenters. The molecule has 0 bridgehead atoms. The molecule has 0 rings (SSSR count). The molecule has 0 radical (unpaired) electrons. The van der Waals surface area contributed by atoms with Gasteiger partial charge in [0.05, 0.1) is 0 Å². The Balaban J connectivity index is 3.89. The first-order chi connectivity index (χ1) is 3.12. The summed E-state index contributed by atoms with van der Waals surface area (Å²) in [6.07, 6.45) is 0. The van der Waals surface area contributed by atoms with Crippen LogP contribution in [-0.4, -0.2) is 13.6 Å². The predicted molar refractivity (Wildman–Crippen MR) is 27.0 cm³/mol. The van der Waals surface area contributed by atoms with Crippen molar-refractivity contribution in [3.05, 3.63) is 0 Å². The fourth-order valence-electron chi connectivity index (χ4n) is 0.0315. The van der Waals surface area contributed by atoms with Crippen molar-refractivity contribution in [2.24, 2.45) is 5.84 Å². The monoisotopic (exact) mass is 144 g/mol. The SMILES string of the molecule is NNS(=O)(=O)CCl. The predicted octanol–water partition coefficient (Wildman–Crippen LogP) is -1.02. The fourth-order valence-corrected chi connectivity index (χ4v) is 0.283. The van der Waals surface area contributed by atoms with Crippen molar-refractivity contribution < 1.29 is 8.42 Å². The number of nitrogens with one attached hydrogen (secondary N) is 1. The molecule has 0 aromatic carbocycles. The van der Waals surface area contributed by atoms with Gasteiger partial charge in [-0.15, -0.1) is 11.6 Å². The van der Waals surface area contributed by atoms with E-state index in [1.165, 1.54) is 4.83 Å². The zero-order chi connectivity index (χ0) is 5.91. The van der Waals surface area contributed by atoms with Crippen molar-refractivity contribution in [1.29, 1.82) is 0 Å². The third-order valence-electron chi connectivity index (χ3n) is 0.323. The van der Waals surface area contributed by atoms with Crippen LogP contribution in [0.5, 0.6) is 0 Å². The number of hydrogen-bond acceptors (Lipinski definition) is 3. The summed E-state index contributed by atoms with van der Waals surface area (Å²) < 4.78 is 20.0. The molecule has 7 heavy (non-hydrogen) atoms. The molecule has 4 nitrogen and oxygen atoms in total. The molecule has 0 saturated heterocycles. The Hall–Kier alpha value is 0.160. The topological polar surface area (TPSA) is 72.2 Å². The summed E-state index contributed by atoms with van der Waals surface area (Å²) in [7, 11) is -3.36. The molecular formula is CH5ClN2O2S. The molecule has 0 amide bonds. The van der Waals surface area contributed by atoms with Gasteiger partial charge < -0.3 is 0 Å². The van der Waals surface area contributed by atoms with Crippen LogP contribution in [0, 0.1) is 0 Å². The Labute approximate surface area is 46.7 Å². The molecule has 0 saturated carbocycles. The Morgan fingerprint density at radius 3 is 2.14 bits per heavy atom. The number of rotatable bonds is 2. The molecule has 0 spiro atoms. The van der Waals surface area contributed by atoms with E-state index in [9.17, 15) is 8.42 Å². The first-order valence-electron chi connectivity index (χ1n) is 1.38. The van der Waals surface area contributed by atoms with Gasteiger partial charge in [-0.25, -0.2) is 8.42 Å². The van der Waals surface area contributed by atoms with Gasteiger partial charge in [0.1, 0.15) is 5.21 Å². The highest BCUT2D eigenvalue weighted by molar-refractivity contribution is 7.90. The van der Waals surface area contributed by atoms with Gasteiger partial charge in [-0.05, 0) is 0 Å². The second kappa shape index (κ2) is 2.46. The van der Waals surface area contributed by atoms with Crippen LogP contribution >= 0.6 is 11.6 Å². The molecular weight excluding hydrogens is 140 g/mol. The van der Waals surface area contributed by atoms with Gasteiger partial charge in [0.25, 0.3) is 0 Å². The minimum atomic E-state index is -3.36. The largest absolute Gasteiger partial charge is 0.258 e. The Kier molecular flexibility index (Phi) is 2.52. The normalized spacial score (nSPS) is 11.7. The first-order valence-corrected chi connectivity index (χ1v) is 3.57. The minimum Gasteiger partial charge on any atom is -0.258 e. The standard InChI is InChI=1S/CH5ClN2O2S/c2-1-7(5,6)4-3/h4H,1,3H2. The maximum Gasteiger partial charge on any atom is 0.238 e. The summed E-state index contributed by atoms with van der Waals surface area (Å²) >= 11 is 4.86. The highest BCUT2D eigenvalue weighted by atomic mass is 35.5. The summed E-state index contributed by atoms with van der Waals surface area (Å²) in [5.74, 6) is 4.49. The molecule has 0 heterocycles. The molecule has 0 aliphatic rings. The van der Waals surface area contributed by atoms with Crippen LogP contribution < -0.4 is 10.7 Å². The number of halogens is 1. The van der Waals surface area contributed by atoms with E-state index in [2.05, 4.69) is 5.84 Å². The first kappa shape index (κ1) is 7.16. The molecule has 0 aromatic heterocycles. The zero-order valence-electron chi connectivity index (χ0n) is 3.39. The lowest BCUT2D eigenvalue weighted by Crippen LogP contribution is -2.30. The van der Waals surface area contributed by atoms with E-state index in [4.69, 9.17) is 11.6 Å². The fraction of sp³-hybridized carbons (Fsp3) is 1.00. The van der Waals surface area contributed by atoms with E-state index >= 15 is 0 Å². The summed E-state index contributed by atoms with van der Waals surface area (Å²) in [5.41, 5.74) is 0. The zero-order valence-corrected chi connectivity index (χ0v) is 4.96. The van der Waals surface area contributed by atoms with Crippen LogP contribution in [0.25, 0.3) is 0 Å². The van der Waals surface area contributed by atoms with E-state index in [0.29, 0.717) is 0 Å².